The van der Waals surface area contributed by atoms with Crippen LogP contribution in [0.25, 0.3) is 0 Å². The Morgan fingerprint density at radius 3 is 2.46 bits per heavy atom. The Morgan fingerprint density at radius 2 is 1.79 bits per heavy atom. The minimum atomic E-state index is -4.87. The van der Waals surface area contributed by atoms with Gasteiger partial charge in [-0.2, -0.15) is 13.2 Å². The van der Waals surface area contributed by atoms with E-state index in [1.807, 2.05) is 0 Å². The molecular weight excluding hydrogens is 545 g/mol. The van der Waals surface area contributed by atoms with Crippen LogP contribution in [0.15, 0.2) is 52.3 Å². The number of hydrogen-bond donors (Lipinski definition) is 1. The SMILES string of the molecule is CC(=O)c1cn2c(c(O)c1=O)C(=O)N([C@H](C)C(F)(F)F)CN2[C@@H]1c2ccccc2SCc2c1ccc(F)c2F. The second-order valence-electron chi connectivity index (χ2n) is 9.20. The summed E-state index contributed by atoms with van der Waals surface area (Å²) >= 11 is 1.19. The normalized spacial score (nSPS) is 17.7. The number of benzene rings is 2. The van der Waals surface area contributed by atoms with Gasteiger partial charge < -0.3 is 10.0 Å². The van der Waals surface area contributed by atoms with Crippen LogP contribution in [-0.4, -0.2) is 45.3 Å². The molecule has 0 radical (unpaired) electrons. The molecule has 2 aliphatic heterocycles. The number of amides is 1. The lowest BCUT2D eigenvalue weighted by molar-refractivity contribution is -0.173. The lowest BCUT2D eigenvalue weighted by Gasteiger charge is -2.46. The third-order valence-corrected chi connectivity index (χ3v) is 8.05. The quantitative estimate of drug-likeness (QED) is 0.365. The summed E-state index contributed by atoms with van der Waals surface area (Å²) in [6.45, 7) is 1.08. The van der Waals surface area contributed by atoms with Gasteiger partial charge >= 0.3 is 6.18 Å². The molecule has 2 aliphatic rings. The molecule has 39 heavy (non-hydrogen) atoms. The van der Waals surface area contributed by atoms with Crippen molar-refractivity contribution in [1.82, 2.24) is 9.58 Å². The number of fused-ring (bicyclic) bond motifs is 3. The molecule has 1 amide bonds. The molecule has 0 bridgehead atoms. The number of alkyl halides is 3. The average molecular weight is 566 g/mol. The average Bonchev–Trinajstić information content (AvgIpc) is 3.04. The van der Waals surface area contributed by atoms with Gasteiger partial charge in [-0.15, -0.1) is 11.8 Å². The zero-order valence-electron chi connectivity index (χ0n) is 20.4. The van der Waals surface area contributed by atoms with Gasteiger partial charge in [-0.1, -0.05) is 24.3 Å². The van der Waals surface area contributed by atoms with Crippen LogP contribution in [0.5, 0.6) is 5.75 Å². The van der Waals surface area contributed by atoms with E-state index >= 15 is 4.39 Å². The van der Waals surface area contributed by atoms with Gasteiger partial charge in [0.2, 0.25) is 5.43 Å². The van der Waals surface area contributed by atoms with Gasteiger partial charge in [0.1, 0.15) is 12.7 Å². The molecule has 7 nitrogen and oxygen atoms in total. The number of aromatic hydroxyl groups is 1. The second-order valence-corrected chi connectivity index (χ2v) is 10.2. The lowest BCUT2D eigenvalue weighted by atomic mass is 9.93. The number of pyridine rings is 1. The summed E-state index contributed by atoms with van der Waals surface area (Å²) in [5.74, 6) is -5.47. The van der Waals surface area contributed by atoms with Crippen molar-refractivity contribution in [1.29, 1.82) is 0 Å². The van der Waals surface area contributed by atoms with Crippen molar-refractivity contribution in [3.05, 3.63) is 92.4 Å². The molecule has 5 rings (SSSR count). The third kappa shape index (κ3) is 4.24. The Labute approximate surface area is 222 Å². The highest BCUT2D eigenvalue weighted by molar-refractivity contribution is 7.98. The summed E-state index contributed by atoms with van der Waals surface area (Å²) in [7, 11) is 0. The van der Waals surface area contributed by atoms with E-state index in [4.69, 9.17) is 0 Å². The monoisotopic (exact) mass is 565 g/mol. The van der Waals surface area contributed by atoms with Crippen molar-refractivity contribution in [3.8, 4) is 5.75 Å². The minimum Gasteiger partial charge on any atom is -0.502 e. The highest BCUT2D eigenvalue weighted by Crippen LogP contribution is 2.44. The van der Waals surface area contributed by atoms with Gasteiger partial charge in [0.25, 0.3) is 5.91 Å². The number of hydrogen-bond acceptors (Lipinski definition) is 6. The summed E-state index contributed by atoms with van der Waals surface area (Å²) in [6.07, 6.45) is -3.89. The van der Waals surface area contributed by atoms with E-state index in [2.05, 4.69) is 0 Å². The van der Waals surface area contributed by atoms with Crippen molar-refractivity contribution >= 4 is 23.5 Å². The van der Waals surface area contributed by atoms with Gasteiger partial charge in [0, 0.05) is 22.4 Å². The molecule has 0 saturated heterocycles. The molecule has 0 fully saturated rings. The molecule has 204 valence electrons. The van der Waals surface area contributed by atoms with Crippen molar-refractivity contribution < 1.29 is 36.6 Å². The maximum atomic E-state index is 15.1. The number of Topliss-reactive ketones (excluding diaryl/α,β-unsaturated/α-hetero) is 1. The molecule has 1 N–H and O–H groups in total. The molecule has 13 heteroatoms. The lowest BCUT2D eigenvalue weighted by Crippen LogP contribution is -2.60. The first kappa shape index (κ1) is 26.7. The standard InChI is InChI=1S/C26H20F5N3O4S/c1-12(35)16-9-33-22(24(37)23(16)36)25(38)32(13(2)26(29,30)31)11-34(33)21-14-7-8-18(27)20(28)17(14)10-39-19-6-4-3-5-15(19)21/h3-9,13,21,37H,10-11H2,1-2H3/t13-,21+/m1/s1. The van der Waals surface area contributed by atoms with Crippen LogP contribution in [0.2, 0.25) is 0 Å². The maximum absolute atomic E-state index is 15.1. The predicted molar refractivity (Wildman–Crippen MR) is 131 cm³/mol. The maximum Gasteiger partial charge on any atom is 0.408 e. The summed E-state index contributed by atoms with van der Waals surface area (Å²) in [4.78, 5) is 39.3. The van der Waals surface area contributed by atoms with Crippen molar-refractivity contribution in [2.24, 2.45) is 0 Å². The number of carbonyl (C=O) groups is 2. The fraction of sp³-hybridized carbons (Fsp3) is 0.269. The van der Waals surface area contributed by atoms with E-state index in [0.29, 0.717) is 15.4 Å². The molecular formula is C26H20F5N3O4S. The Kier molecular flexibility index (Phi) is 6.44. The molecule has 3 heterocycles. The number of rotatable bonds is 3. The summed E-state index contributed by atoms with van der Waals surface area (Å²) < 4.78 is 71.9. The fourth-order valence-electron chi connectivity index (χ4n) is 4.83. The number of ketones is 1. The van der Waals surface area contributed by atoms with Crippen LogP contribution in [-0.2, 0) is 5.75 Å². The largest absolute Gasteiger partial charge is 0.502 e. The van der Waals surface area contributed by atoms with Gasteiger partial charge in [-0.3, -0.25) is 24.1 Å². The zero-order chi connectivity index (χ0) is 28.4. The van der Waals surface area contributed by atoms with Crippen LogP contribution in [0, 0.1) is 11.6 Å². The highest BCUT2D eigenvalue weighted by Gasteiger charge is 2.48. The zero-order valence-corrected chi connectivity index (χ0v) is 21.2. The molecule has 0 spiro atoms. The number of halogens is 5. The number of aromatic nitrogens is 1. The Morgan fingerprint density at radius 1 is 1.10 bits per heavy atom. The third-order valence-electron chi connectivity index (χ3n) is 6.93. The van der Waals surface area contributed by atoms with E-state index in [1.54, 1.807) is 24.3 Å². The molecule has 1 aromatic heterocycles. The summed E-state index contributed by atoms with van der Waals surface area (Å²) in [5.41, 5.74) is -1.84. The molecule has 2 atom stereocenters. The number of carbonyl (C=O) groups excluding carboxylic acids is 2. The van der Waals surface area contributed by atoms with Crippen LogP contribution >= 0.6 is 11.8 Å². The van der Waals surface area contributed by atoms with Crippen molar-refractivity contribution in [2.45, 2.75) is 42.8 Å². The van der Waals surface area contributed by atoms with Crippen LogP contribution in [0.4, 0.5) is 22.0 Å². The van der Waals surface area contributed by atoms with Gasteiger partial charge in [0.15, 0.2) is 28.9 Å². The minimum absolute atomic E-state index is 0.00282. The highest BCUT2D eigenvalue weighted by atomic mass is 32.2. The van der Waals surface area contributed by atoms with E-state index in [1.165, 1.54) is 22.8 Å². The van der Waals surface area contributed by atoms with Crippen LogP contribution < -0.4 is 10.4 Å². The van der Waals surface area contributed by atoms with E-state index < -0.39 is 70.7 Å². The Balaban J connectivity index is 1.85. The van der Waals surface area contributed by atoms with Gasteiger partial charge in [-0.25, -0.2) is 8.78 Å². The Bertz CT molecular complexity index is 1590. The molecule has 3 aromatic rings. The first-order chi connectivity index (χ1) is 18.3. The van der Waals surface area contributed by atoms with Gasteiger partial charge in [-0.05, 0) is 37.1 Å². The van der Waals surface area contributed by atoms with E-state index in [0.717, 1.165) is 30.8 Å². The number of nitrogens with zero attached hydrogens (tertiary/aromatic N) is 3. The van der Waals surface area contributed by atoms with Crippen molar-refractivity contribution in [3.63, 3.8) is 0 Å². The number of thioether (sulfide) groups is 1. The predicted octanol–water partition coefficient (Wildman–Crippen LogP) is 4.73. The van der Waals surface area contributed by atoms with Crippen molar-refractivity contribution in [2.75, 3.05) is 11.7 Å². The van der Waals surface area contributed by atoms with Gasteiger partial charge in [0.05, 0.1) is 11.6 Å². The van der Waals surface area contributed by atoms with Crippen LogP contribution in [0.1, 0.15) is 57.4 Å². The first-order valence-corrected chi connectivity index (χ1v) is 12.6. The molecule has 0 aliphatic carbocycles. The van der Waals surface area contributed by atoms with E-state index in [-0.39, 0.29) is 16.9 Å². The fourth-order valence-corrected chi connectivity index (χ4v) is 5.95. The molecule has 0 saturated carbocycles. The second kappa shape index (κ2) is 9.40. The summed E-state index contributed by atoms with van der Waals surface area (Å²) in [6, 6.07) is 5.49. The smallest absolute Gasteiger partial charge is 0.408 e. The molecule has 2 aromatic carbocycles. The summed E-state index contributed by atoms with van der Waals surface area (Å²) in [5, 5.41) is 12.0. The first-order valence-electron chi connectivity index (χ1n) is 11.7. The Hall–Kier alpha value is -3.87. The van der Waals surface area contributed by atoms with Crippen LogP contribution in [0.3, 0.4) is 0 Å². The topological polar surface area (TPSA) is 82.8 Å². The molecule has 0 unspecified atom stereocenters. The van der Waals surface area contributed by atoms with E-state index in [9.17, 15) is 37.1 Å².